The van der Waals surface area contributed by atoms with Gasteiger partial charge in [0.15, 0.2) is 0 Å². The van der Waals surface area contributed by atoms with Crippen LogP contribution in [0.2, 0.25) is 0 Å². The van der Waals surface area contributed by atoms with Gasteiger partial charge in [0.1, 0.15) is 12.0 Å². The second-order valence-corrected chi connectivity index (χ2v) is 4.41. The Bertz CT molecular complexity index is 657. The standard InChI is InChI=1S/C17H14O3/c1-12(2)17(19)20-16-9-8-13(11-18)10-15(16)14-6-4-3-5-7-14/h3-11H,1H2,2H3. The number of rotatable bonds is 4. The number of ether oxygens (including phenoxy) is 1. The van der Waals surface area contributed by atoms with E-state index in [0.717, 1.165) is 11.8 Å². The van der Waals surface area contributed by atoms with Crippen molar-refractivity contribution in [2.75, 3.05) is 0 Å². The SMILES string of the molecule is C=C(C)C(=O)Oc1ccc(C=O)cc1-c1ccccc1. The number of carbonyl (C=O) groups excluding carboxylic acids is 2. The molecule has 0 saturated carbocycles. The van der Waals surface area contributed by atoms with Crippen LogP contribution in [0.3, 0.4) is 0 Å². The molecule has 2 aromatic rings. The predicted octanol–water partition coefficient (Wildman–Crippen LogP) is 3.65. The molecule has 20 heavy (non-hydrogen) atoms. The fraction of sp³-hybridized carbons (Fsp3) is 0.0588. The maximum absolute atomic E-state index is 11.7. The summed E-state index contributed by atoms with van der Waals surface area (Å²) in [5.41, 5.74) is 2.42. The Labute approximate surface area is 117 Å². The predicted molar refractivity (Wildman–Crippen MR) is 77.7 cm³/mol. The first-order chi connectivity index (χ1) is 9.61. The van der Waals surface area contributed by atoms with E-state index in [4.69, 9.17) is 4.74 Å². The summed E-state index contributed by atoms with van der Waals surface area (Å²) in [7, 11) is 0. The lowest BCUT2D eigenvalue weighted by atomic mass is 10.0. The van der Waals surface area contributed by atoms with Gasteiger partial charge < -0.3 is 4.74 Å². The van der Waals surface area contributed by atoms with Crippen molar-refractivity contribution in [1.29, 1.82) is 0 Å². The van der Waals surface area contributed by atoms with Gasteiger partial charge in [-0.25, -0.2) is 4.79 Å². The zero-order valence-corrected chi connectivity index (χ0v) is 11.1. The molecule has 2 aromatic carbocycles. The molecule has 0 bridgehead atoms. The normalized spacial score (nSPS) is 9.85. The highest BCUT2D eigenvalue weighted by Crippen LogP contribution is 2.31. The van der Waals surface area contributed by atoms with E-state index in [9.17, 15) is 9.59 Å². The van der Waals surface area contributed by atoms with Crippen molar-refractivity contribution >= 4 is 12.3 Å². The Morgan fingerprint density at radius 1 is 1.15 bits per heavy atom. The molecule has 2 rings (SSSR count). The third kappa shape index (κ3) is 3.01. The minimum Gasteiger partial charge on any atom is -0.423 e. The van der Waals surface area contributed by atoms with Crippen LogP contribution in [0.4, 0.5) is 0 Å². The largest absolute Gasteiger partial charge is 0.423 e. The van der Waals surface area contributed by atoms with Gasteiger partial charge in [0.25, 0.3) is 0 Å². The number of aldehydes is 1. The van der Waals surface area contributed by atoms with Crippen LogP contribution < -0.4 is 4.74 Å². The number of esters is 1. The van der Waals surface area contributed by atoms with E-state index in [0.29, 0.717) is 22.4 Å². The van der Waals surface area contributed by atoms with Crippen molar-refractivity contribution in [3.05, 3.63) is 66.2 Å². The second kappa shape index (κ2) is 5.97. The second-order valence-electron chi connectivity index (χ2n) is 4.41. The lowest BCUT2D eigenvalue weighted by Gasteiger charge is -2.11. The first kappa shape index (κ1) is 13.7. The van der Waals surface area contributed by atoms with Gasteiger partial charge in [0.2, 0.25) is 0 Å². The van der Waals surface area contributed by atoms with Crippen molar-refractivity contribution in [3.8, 4) is 16.9 Å². The van der Waals surface area contributed by atoms with Gasteiger partial charge in [-0.1, -0.05) is 36.9 Å². The molecule has 3 heteroatoms. The number of benzene rings is 2. The number of hydrogen-bond acceptors (Lipinski definition) is 3. The third-order valence-electron chi connectivity index (χ3n) is 2.78. The smallest absolute Gasteiger partial charge is 0.338 e. The van der Waals surface area contributed by atoms with E-state index < -0.39 is 5.97 Å². The minimum absolute atomic E-state index is 0.323. The molecule has 0 radical (unpaired) electrons. The molecule has 0 unspecified atom stereocenters. The summed E-state index contributed by atoms with van der Waals surface area (Å²) >= 11 is 0. The van der Waals surface area contributed by atoms with Crippen LogP contribution in [0.1, 0.15) is 17.3 Å². The van der Waals surface area contributed by atoms with Gasteiger partial charge in [-0.15, -0.1) is 0 Å². The van der Waals surface area contributed by atoms with Crippen molar-refractivity contribution in [2.45, 2.75) is 6.92 Å². The fourth-order valence-electron chi connectivity index (χ4n) is 1.74. The third-order valence-corrected chi connectivity index (χ3v) is 2.78. The summed E-state index contributed by atoms with van der Waals surface area (Å²) in [6, 6.07) is 14.4. The number of hydrogen-bond donors (Lipinski definition) is 0. The molecule has 100 valence electrons. The monoisotopic (exact) mass is 266 g/mol. The molecule has 0 spiro atoms. The first-order valence-electron chi connectivity index (χ1n) is 6.14. The molecule has 0 aliphatic rings. The van der Waals surface area contributed by atoms with Crippen molar-refractivity contribution in [3.63, 3.8) is 0 Å². The molecular formula is C17H14O3. The van der Waals surface area contributed by atoms with Crippen LogP contribution in [-0.4, -0.2) is 12.3 Å². The average molecular weight is 266 g/mol. The molecular weight excluding hydrogens is 252 g/mol. The van der Waals surface area contributed by atoms with E-state index in [1.165, 1.54) is 0 Å². The summed E-state index contributed by atoms with van der Waals surface area (Å²) < 4.78 is 5.31. The Morgan fingerprint density at radius 3 is 2.45 bits per heavy atom. The molecule has 0 aliphatic heterocycles. The van der Waals surface area contributed by atoms with Crippen LogP contribution >= 0.6 is 0 Å². The Hall–Kier alpha value is -2.68. The highest BCUT2D eigenvalue weighted by atomic mass is 16.5. The van der Waals surface area contributed by atoms with E-state index in [1.54, 1.807) is 25.1 Å². The van der Waals surface area contributed by atoms with Gasteiger partial charge in [0, 0.05) is 16.7 Å². The molecule has 0 amide bonds. The molecule has 0 aliphatic carbocycles. The molecule has 3 nitrogen and oxygen atoms in total. The Balaban J connectivity index is 2.49. The fourth-order valence-corrected chi connectivity index (χ4v) is 1.74. The van der Waals surface area contributed by atoms with Gasteiger partial charge in [-0.05, 0) is 30.7 Å². The lowest BCUT2D eigenvalue weighted by molar-refractivity contribution is -0.130. The summed E-state index contributed by atoms with van der Waals surface area (Å²) in [4.78, 5) is 22.6. The zero-order chi connectivity index (χ0) is 14.5. The molecule has 0 N–H and O–H groups in total. The first-order valence-corrected chi connectivity index (χ1v) is 6.14. The van der Waals surface area contributed by atoms with Crippen LogP contribution in [0.15, 0.2) is 60.7 Å². The van der Waals surface area contributed by atoms with E-state index in [2.05, 4.69) is 6.58 Å². The molecule has 0 fully saturated rings. The Morgan fingerprint density at radius 2 is 1.85 bits per heavy atom. The van der Waals surface area contributed by atoms with Crippen LogP contribution in [0.25, 0.3) is 11.1 Å². The highest BCUT2D eigenvalue weighted by molar-refractivity contribution is 5.91. The van der Waals surface area contributed by atoms with Gasteiger partial charge in [-0.2, -0.15) is 0 Å². The van der Waals surface area contributed by atoms with Gasteiger partial charge >= 0.3 is 5.97 Å². The van der Waals surface area contributed by atoms with E-state index in [-0.39, 0.29) is 0 Å². The highest BCUT2D eigenvalue weighted by Gasteiger charge is 2.12. The average Bonchev–Trinajstić information content (AvgIpc) is 2.48. The van der Waals surface area contributed by atoms with Crippen molar-refractivity contribution in [1.82, 2.24) is 0 Å². The summed E-state index contributed by atoms with van der Waals surface area (Å²) in [5.74, 6) is -0.0733. The van der Waals surface area contributed by atoms with E-state index >= 15 is 0 Å². The maximum atomic E-state index is 11.7. The van der Waals surface area contributed by atoms with Gasteiger partial charge in [0.05, 0.1) is 0 Å². The van der Waals surface area contributed by atoms with Crippen molar-refractivity contribution in [2.24, 2.45) is 0 Å². The molecule has 0 aromatic heterocycles. The topological polar surface area (TPSA) is 43.4 Å². The van der Waals surface area contributed by atoms with Crippen LogP contribution in [0, 0.1) is 0 Å². The molecule has 0 heterocycles. The summed E-state index contributed by atoms with van der Waals surface area (Å²) in [5, 5.41) is 0. The molecule has 0 saturated heterocycles. The molecule has 0 atom stereocenters. The van der Waals surface area contributed by atoms with Crippen LogP contribution in [0.5, 0.6) is 5.75 Å². The lowest BCUT2D eigenvalue weighted by Crippen LogP contribution is -2.09. The summed E-state index contributed by atoms with van der Waals surface area (Å²) in [6.07, 6.45) is 0.761. The minimum atomic E-state index is -0.485. The summed E-state index contributed by atoms with van der Waals surface area (Å²) in [6.45, 7) is 5.14. The van der Waals surface area contributed by atoms with Crippen molar-refractivity contribution < 1.29 is 14.3 Å². The maximum Gasteiger partial charge on any atom is 0.338 e. The zero-order valence-electron chi connectivity index (χ0n) is 11.1. The van der Waals surface area contributed by atoms with Crippen LogP contribution in [-0.2, 0) is 4.79 Å². The number of carbonyl (C=O) groups is 2. The quantitative estimate of drug-likeness (QED) is 0.367. The van der Waals surface area contributed by atoms with E-state index in [1.807, 2.05) is 30.3 Å². The van der Waals surface area contributed by atoms with Gasteiger partial charge in [-0.3, -0.25) is 4.79 Å². The Kier molecular flexibility index (Phi) is 4.11.